The zero-order valence-electron chi connectivity index (χ0n) is 10.9. The third-order valence-electron chi connectivity index (χ3n) is 2.96. The Morgan fingerprint density at radius 2 is 2.05 bits per heavy atom. The standard InChI is InChI=1S/C14H15ClN2O3/c1-14(20,8-18)7-17-13(19)11-6-16-12(15)10-5-3-2-4-9(10)11/h2-6,18,20H,7-8H2,1H3,(H,17,19). The van der Waals surface area contributed by atoms with E-state index in [0.29, 0.717) is 21.5 Å². The van der Waals surface area contributed by atoms with Crippen LogP contribution in [0.25, 0.3) is 10.8 Å². The van der Waals surface area contributed by atoms with Gasteiger partial charge in [0, 0.05) is 18.1 Å². The molecule has 3 N–H and O–H groups in total. The van der Waals surface area contributed by atoms with E-state index in [1.54, 1.807) is 18.2 Å². The zero-order valence-corrected chi connectivity index (χ0v) is 11.7. The summed E-state index contributed by atoms with van der Waals surface area (Å²) in [5.41, 5.74) is -0.982. The van der Waals surface area contributed by atoms with E-state index in [1.165, 1.54) is 13.1 Å². The average molecular weight is 295 g/mol. The summed E-state index contributed by atoms with van der Waals surface area (Å²) in [4.78, 5) is 16.1. The number of benzene rings is 1. The Labute approximate surface area is 121 Å². The van der Waals surface area contributed by atoms with Gasteiger partial charge in [-0.3, -0.25) is 4.79 Å². The highest BCUT2D eigenvalue weighted by Crippen LogP contribution is 2.24. The maximum absolute atomic E-state index is 12.1. The molecule has 5 nitrogen and oxygen atoms in total. The molecule has 2 rings (SSSR count). The number of amides is 1. The smallest absolute Gasteiger partial charge is 0.253 e. The maximum atomic E-state index is 12.1. The summed E-state index contributed by atoms with van der Waals surface area (Å²) in [6.45, 7) is 0.942. The zero-order chi connectivity index (χ0) is 14.8. The van der Waals surface area contributed by atoms with Gasteiger partial charge in [0.1, 0.15) is 10.8 Å². The molecular formula is C14H15ClN2O3. The van der Waals surface area contributed by atoms with Crippen molar-refractivity contribution in [1.82, 2.24) is 10.3 Å². The van der Waals surface area contributed by atoms with Crippen LogP contribution in [0.4, 0.5) is 0 Å². The van der Waals surface area contributed by atoms with Crippen LogP contribution in [0.5, 0.6) is 0 Å². The second-order valence-corrected chi connectivity index (χ2v) is 5.20. The highest BCUT2D eigenvalue weighted by molar-refractivity contribution is 6.34. The Morgan fingerprint density at radius 3 is 2.70 bits per heavy atom. The van der Waals surface area contributed by atoms with Gasteiger partial charge in [-0.05, 0) is 12.3 Å². The van der Waals surface area contributed by atoms with Gasteiger partial charge in [0.15, 0.2) is 0 Å². The Bertz CT molecular complexity index is 643. The third-order valence-corrected chi connectivity index (χ3v) is 3.26. The predicted molar refractivity (Wildman–Crippen MR) is 76.8 cm³/mol. The van der Waals surface area contributed by atoms with Crippen LogP contribution < -0.4 is 5.32 Å². The predicted octanol–water partition coefficient (Wildman–Crippen LogP) is 1.36. The first-order chi connectivity index (χ1) is 9.44. The first kappa shape index (κ1) is 14.7. The van der Waals surface area contributed by atoms with E-state index in [-0.39, 0.29) is 12.5 Å². The van der Waals surface area contributed by atoms with Crippen LogP contribution >= 0.6 is 11.6 Å². The van der Waals surface area contributed by atoms with Crippen molar-refractivity contribution in [1.29, 1.82) is 0 Å². The summed E-state index contributed by atoms with van der Waals surface area (Å²) in [6.07, 6.45) is 1.40. The first-order valence-electron chi connectivity index (χ1n) is 6.09. The van der Waals surface area contributed by atoms with Gasteiger partial charge in [-0.2, -0.15) is 0 Å². The van der Waals surface area contributed by atoms with Crippen molar-refractivity contribution in [3.8, 4) is 0 Å². The lowest BCUT2D eigenvalue weighted by atomic mass is 10.1. The Morgan fingerprint density at radius 1 is 1.40 bits per heavy atom. The molecule has 106 valence electrons. The van der Waals surface area contributed by atoms with Gasteiger partial charge in [0.2, 0.25) is 0 Å². The first-order valence-corrected chi connectivity index (χ1v) is 6.47. The molecule has 0 spiro atoms. The largest absolute Gasteiger partial charge is 0.393 e. The molecule has 0 fully saturated rings. The molecule has 0 radical (unpaired) electrons. The van der Waals surface area contributed by atoms with Gasteiger partial charge in [-0.25, -0.2) is 4.98 Å². The summed E-state index contributed by atoms with van der Waals surface area (Å²) in [7, 11) is 0. The lowest BCUT2D eigenvalue weighted by Crippen LogP contribution is -2.43. The summed E-state index contributed by atoms with van der Waals surface area (Å²) in [5.74, 6) is -0.376. The minimum atomic E-state index is -1.36. The number of hydrogen-bond donors (Lipinski definition) is 3. The van der Waals surface area contributed by atoms with Gasteiger partial charge in [0.25, 0.3) is 5.91 Å². The van der Waals surface area contributed by atoms with E-state index in [0.717, 1.165) is 0 Å². The number of pyridine rings is 1. The van der Waals surface area contributed by atoms with Crippen LogP contribution in [0.15, 0.2) is 30.5 Å². The molecule has 1 unspecified atom stereocenters. The minimum absolute atomic E-state index is 0.0563. The van der Waals surface area contributed by atoms with E-state index < -0.39 is 12.2 Å². The number of halogens is 1. The molecule has 2 aromatic rings. The Balaban J connectivity index is 2.29. The highest BCUT2D eigenvalue weighted by Gasteiger charge is 2.21. The van der Waals surface area contributed by atoms with E-state index in [9.17, 15) is 9.90 Å². The number of aromatic nitrogens is 1. The molecular weight excluding hydrogens is 280 g/mol. The minimum Gasteiger partial charge on any atom is -0.393 e. The van der Waals surface area contributed by atoms with Crippen LogP contribution in [-0.4, -0.2) is 39.9 Å². The molecule has 6 heteroatoms. The molecule has 1 atom stereocenters. The van der Waals surface area contributed by atoms with Crippen molar-refractivity contribution in [2.24, 2.45) is 0 Å². The molecule has 0 aliphatic heterocycles. The molecule has 0 bridgehead atoms. The molecule has 1 aromatic carbocycles. The summed E-state index contributed by atoms with van der Waals surface area (Å²) < 4.78 is 0. The van der Waals surface area contributed by atoms with Crippen LogP contribution in [0.3, 0.4) is 0 Å². The van der Waals surface area contributed by atoms with Crippen LogP contribution in [0.1, 0.15) is 17.3 Å². The number of nitrogens with one attached hydrogen (secondary N) is 1. The van der Waals surface area contributed by atoms with E-state index >= 15 is 0 Å². The molecule has 0 saturated carbocycles. The number of carbonyl (C=O) groups is 1. The maximum Gasteiger partial charge on any atom is 0.253 e. The lowest BCUT2D eigenvalue weighted by Gasteiger charge is -2.20. The fourth-order valence-electron chi connectivity index (χ4n) is 1.76. The second kappa shape index (κ2) is 5.75. The number of aliphatic hydroxyl groups excluding tert-OH is 1. The molecule has 20 heavy (non-hydrogen) atoms. The Kier molecular flexibility index (Phi) is 4.23. The van der Waals surface area contributed by atoms with Crippen LogP contribution in [0, 0.1) is 0 Å². The van der Waals surface area contributed by atoms with Crippen molar-refractivity contribution in [3.05, 3.63) is 41.2 Å². The summed E-state index contributed by atoms with van der Waals surface area (Å²) >= 11 is 5.99. The van der Waals surface area contributed by atoms with Crippen molar-refractivity contribution in [3.63, 3.8) is 0 Å². The summed E-state index contributed by atoms with van der Waals surface area (Å²) in [6, 6.07) is 7.18. The normalized spacial score (nSPS) is 14.0. The fraction of sp³-hybridized carbons (Fsp3) is 0.286. The third kappa shape index (κ3) is 3.07. The number of hydrogen-bond acceptors (Lipinski definition) is 4. The van der Waals surface area contributed by atoms with Gasteiger partial charge >= 0.3 is 0 Å². The van der Waals surface area contributed by atoms with E-state index in [2.05, 4.69) is 10.3 Å². The van der Waals surface area contributed by atoms with Crippen LogP contribution in [-0.2, 0) is 0 Å². The number of nitrogens with zero attached hydrogens (tertiary/aromatic N) is 1. The van der Waals surface area contributed by atoms with Crippen molar-refractivity contribution >= 4 is 28.3 Å². The molecule has 1 aromatic heterocycles. The van der Waals surface area contributed by atoms with Gasteiger partial charge in [-0.15, -0.1) is 0 Å². The second-order valence-electron chi connectivity index (χ2n) is 4.85. The molecule has 1 heterocycles. The number of carbonyl (C=O) groups excluding carboxylic acids is 1. The molecule has 0 aliphatic carbocycles. The quantitative estimate of drug-likeness (QED) is 0.744. The Hall–Kier alpha value is -1.69. The molecule has 1 amide bonds. The summed E-state index contributed by atoms with van der Waals surface area (Å²) in [5, 5.41) is 22.9. The van der Waals surface area contributed by atoms with Gasteiger partial charge in [-0.1, -0.05) is 35.9 Å². The number of aliphatic hydroxyl groups is 2. The number of fused-ring (bicyclic) bond motifs is 1. The topological polar surface area (TPSA) is 82.5 Å². The fourth-order valence-corrected chi connectivity index (χ4v) is 1.97. The van der Waals surface area contributed by atoms with E-state index in [4.69, 9.17) is 16.7 Å². The SMILES string of the molecule is CC(O)(CO)CNC(=O)c1cnc(Cl)c2ccccc12. The van der Waals surface area contributed by atoms with Crippen molar-refractivity contribution in [2.45, 2.75) is 12.5 Å². The molecule has 0 aliphatic rings. The van der Waals surface area contributed by atoms with Gasteiger partial charge < -0.3 is 15.5 Å². The lowest BCUT2D eigenvalue weighted by molar-refractivity contribution is 0.00321. The number of rotatable bonds is 4. The van der Waals surface area contributed by atoms with Gasteiger partial charge in [0.05, 0.1) is 12.2 Å². The average Bonchev–Trinajstić information content (AvgIpc) is 2.46. The van der Waals surface area contributed by atoms with Crippen molar-refractivity contribution < 1.29 is 15.0 Å². The van der Waals surface area contributed by atoms with E-state index in [1.807, 2.05) is 6.07 Å². The monoisotopic (exact) mass is 294 g/mol. The highest BCUT2D eigenvalue weighted by atomic mass is 35.5. The van der Waals surface area contributed by atoms with Crippen molar-refractivity contribution in [2.75, 3.05) is 13.2 Å². The molecule has 0 saturated heterocycles. The van der Waals surface area contributed by atoms with Crippen LogP contribution in [0.2, 0.25) is 5.15 Å².